The van der Waals surface area contributed by atoms with E-state index in [0.717, 1.165) is 19.4 Å². The van der Waals surface area contributed by atoms with Crippen LogP contribution in [0.1, 0.15) is 63.3 Å². The lowest BCUT2D eigenvalue weighted by atomic mass is 9.75. The molecule has 0 aromatic carbocycles. The molecule has 0 spiro atoms. The average Bonchev–Trinajstić information content (AvgIpc) is 2.97. The van der Waals surface area contributed by atoms with E-state index >= 15 is 0 Å². The average molecular weight is 290 g/mol. The van der Waals surface area contributed by atoms with E-state index in [2.05, 4.69) is 49.7 Å². The molecule has 1 N–H and O–H groups in total. The lowest BCUT2D eigenvalue weighted by Gasteiger charge is -2.39. The van der Waals surface area contributed by atoms with Gasteiger partial charge in [0.05, 0.1) is 6.10 Å². The van der Waals surface area contributed by atoms with Crippen LogP contribution in [-0.2, 0) is 13.0 Å². The van der Waals surface area contributed by atoms with Gasteiger partial charge in [-0.05, 0) is 51.3 Å². The third-order valence-corrected chi connectivity index (χ3v) is 5.81. The fourth-order valence-electron chi connectivity index (χ4n) is 4.43. The summed E-state index contributed by atoms with van der Waals surface area (Å²) >= 11 is 0. The van der Waals surface area contributed by atoms with Gasteiger partial charge in [-0.3, -0.25) is 0 Å². The van der Waals surface area contributed by atoms with E-state index in [1.807, 2.05) is 0 Å². The fraction of sp³-hybridized carbons (Fsp3) is 0.778. The number of nitrogens with zero attached hydrogens (tertiary/aromatic N) is 2. The van der Waals surface area contributed by atoms with E-state index in [1.165, 1.54) is 36.9 Å². The van der Waals surface area contributed by atoms with Crippen molar-refractivity contribution >= 4 is 0 Å². The van der Waals surface area contributed by atoms with Crippen molar-refractivity contribution in [1.82, 2.24) is 9.47 Å². The molecule has 3 rings (SSSR count). The minimum atomic E-state index is -0.288. The fourth-order valence-corrected chi connectivity index (χ4v) is 4.43. The molecule has 0 aliphatic heterocycles. The number of hydrogen-bond donors (Lipinski definition) is 1. The molecule has 1 aromatic heterocycles. The third-order valence-electron chi connectivity index (χ3n) is 5.81. The summed E-state index contributed by atoms with van der Waals surface area (Å²) in [7, 11) is 4.44. The molecule has 3 nitrogen and oxygen atoms in total. The summed E-state index contributed by atoms with van der Waals surface area (Å²) in [6.45, 7) is 5.61. The van der Waals surface area contributed by atoms with Crippen LogP contribution in [0.2, 0.25) is 0 Å². The molecular weight excluding hydrogens is 260 g/mol. The van der Waals surface area contributed by atoms with Gasteiger partial charge in [-0.1, -0.05) is 26.7 Å². The maximum Gasteiger partial charge on any atom is 0.0812 e. The van der Waals surface area contributed by atoms with Gasteiger partial charge in [0.1, 0.15) is 0 Å². The molecular formula is C18H30N2O. The molecule has 21 heavy (non-hydrogen) atoms. The molecule has 1 fully saturated rings. The minimum Gasteiger partial charge on any atom is -0.388 e. The van der Waals surface area contributed by atoms with Crippen LogP contribution in [0, 0.1) is 5.41 Å². The molecule has 0 saturated heterocycles. The van der Waals surface area contributed by atoms with E-state index in [9.17, 15) is 5.11 Å². The van der Waals surface area contributed by atoms with Gasteiger partial charge >= 0.3 is 0 Å². The van der Waals surface area contributed by atoms with Crippen molar-refractivity contribution in [3.05, 3.63) is 23.5 Å². The van der Waals surface area contributed by atoms with Gasteiger partial charge < -0.3 is 14.6 Å². The Kier molecular flexibility index (Phi) is 3.69. The Bertz CT molecular complexity index is 509. The second-order valence-corrected chi connectivity index (χ2v) is 8.23. The van der Waals surface area contributed by atoms with Crippen molar-refractivity contribution in [2.45, 2.75) is 70.6 Å². The molecule has 1 heterocycles. The number of hydrogen-bond acceptors (Lipinski definition) is 2. The number of fused-ring (bicyclic) bond motifs is 1. The van der Waals surface area contributed by atoms with E-state index in [4.69, 9.17) is 0 Å². The zero-order chi connectivity index (χ0) is 15.3. The molecule has 1 saturated carbocycles. The van der Waals surface area contributed by atoms with Crippen LogP contribution >= 0.6 is 0 Å². The summed E-state index contributed by atoms with van der Waals surface area (Å²) in [5.74, 6) is 0. The normalized spacial score (nSPS) is 27.0. The first kappa shape index (κ1) is 15.1. The summed E-state index contributed by atoms with van der Waals surface area (Å²) in [5, 5.41) is 10.4. The molecule has 118 valence electrons. The summed E-state index contributed by atoms with van der Waals surface area (Å²) in [5.41, 5.74) is 3.04. The lowest BCUT2D eigenvalue weighted by Crippen LogP contribution is -2.45. The van der Waals surface area contributed by atoms with Gasteiger partial charge in [0, 0.05) is 29.5 Å². The molecule has 1 atom stereocenters. The Morgan fingerprint density at radius 2 is 1.95 bits per heavy atom. The SMILES string of the molecule is CN(C)C1(Cn2ccc3c2CC(C)(C)CC3O)CCCC1. The Hall–Kier alpha value is -0.800. The van der Waals surface area contributed by atoms with E-state index in [-0.39, 0.29) is 11.5 Å². The quantitative estimate of drug-likeness (QED) is 0.924. The Morgan fingerprint density at radius 1 is 1.29 bits per heavy atom. The number of aliphatic hydroxyl groups is 1. The van der Waals surface area contributed by atoms with Gasteiger partial charge in [-0.25, -0.2) is 0 Å². The standard InChI is InChI=1S/C18H30N2O/c1-17(2)11-15-14(16(21)12-17)7-10-20(15)13-18(19(3)4)8-5-6-9-18/h7,10,16,21H,5-6,8-9,11-13H2,1-4H3. The molecule has 0 amide bonds. The van der Waals surface area contributed by atoms with Crippen LogP contribution in [-0.4, -0.2) is 34.2 Å². The molecule has 0 radical (unpaired) electrons. The second-order valence-electron chi connectivity index (χ2n) is 8.23. The topological polar surface area (TPSA) is 28.4 Å². The Balaban J connectivity index is 1.91. The second kappa shape index (κ2) is 5.13. The molecule has 3 heteroatoms. The monoisotopic (exact) mass is 290 g/mol. The van der Waals surface area contributed by atoms with Gasteiger partial charge in [-0.15, -0.1) is 0 Å². The lowest BCUT2D eigenvalue weighted by molar-refractivity contribution is 0.0941. The molecule has 2 aliphatic carbocycles. The molecule has 0 bridgehead atoms. The van der Waals surface area contributed by atoms with Crippen molar-refractivity contribution in [3.63, 3.8) is 0 Å². The highest BCUT2D eigenvalue weighted by Gasteiger charge is 2.39. The van der Waals surface area contributed by atoms with Crippen molar-refractivity contribution in [2.75, 3.05) is 14.1 Å². The predicted molar refractivity (Wildman–Crippen MR) is 86.4 cm³/mol. The van der Waals surface area contributed by atoms with Crippen LogP contribution in [0.3, 0.4) is 0 Å². The number of rotatable bonds is 3. The summed E-state index contributed by atoms with van der Waals surface area (Å²) in [6.07, 6.45) is 9.14. The van der Waals surface area contributed by atoms with E-state index in [0.29, 0.717) is 5.54 Å². The summed E-state index contributed by atoms with van der Waals surface area (Å²) in [4.78, 5) is 2.43. The highest BCUT2D eigenvalue weighted by molar-refractivity contribution is 5.29. The zero-order valence-corrected chi connectivity index (χ0v) is 14.0. The van der Waals surface area contributed by atoms with Gasteiger partial charge in [0.2, 0.25) is 0 Å². The van der Waals surface area contributed by atoms with Crippen LogP contribution in [0.5, 0.6) is 0 Å². The maximum atomic E-state index is 10.4. The first-order chi connectivity index (χ1) is 9.83. The van der Waals surface area contributed by atoms with Crippen molar-refractivity contribution in [1.29, 1.82) is 0 Å². The minimum absolute atomic E-state index is 0.198. The number of aromatic nitrogens is 1. The summed E-state index contributed by atoms with van der Waals surface area (Å²) < 4.78 is 2.44. The Labute approximate surface area is 129 Å². The third kappa shape index (κ3) is 2.66. The van der Waals surface area contributed by atoms with Crippen molar-refractivity contribution in [3.8, 4) is 0 Å². The molecule has 1 unspecified atom stereocenters. The highest BCUT2D eigenvalue weighted by Crippen LogP contribution is 2.42. The number of likely N-dealkylation sites (N-methyl/N-ethyl adjacent to an activating group) is 1. The number of aliphatic hydroxyl groups excluding tert-OH is 1. The smallest absolute Gasteiger partial charge is 0.0812 e. The predicted octanol–water partition coefficient (Wildman–Crippen LogP) is 3.37. The molecule has 1 aromatic rings. The maximum absolute atomic E-state index is 10.4. The molecule has 2 aliphatic rings. The zero-order valence-electron chi connectivity index (χ0n) is 14.0. The van der Waals surface area contributed by atoms with Crippen LogP contribution in [0.4, 0.5) is 0 Å². The van der Waals surface area contributed by atoms with Gasteiger partial charge in [-0.2, -0.15) is 0 Å². The van der Waals surface area contributed by atoms with Crippen LogP contribution in [0.25, 0.3) is 0 Å². The van der Waals surface area contributed by atoms with Crippen LogP contribution < -0.4 is 0 Å². The highest BCUT2D eigenvalue weighted by atomic mass is 16.3. The Morgan fingerprint density at radius 3 is 2.57 bits per heavy atom. The van der Waals surface area contributed by atoms with E-state index in [1.54, 1.807) is 0 Å². The first-order valence-corrected chi connectivity index (χ1v) is 8.36. The van der Waals surface area contributed by atoms with Gasteiger partial charge in [0.15, 0.2) is 0 Å². The van der Waals surface area contributed by atoms with Crippen LogP contribution in [0.15, 0.2) is 12.3 Å². The van der Waals surface area contributed by atoms with Gasteiger partial charge in [0.25, 0.3) is 0 Å². The van der Waals surface area contributed by atoms with Crippen molar-refractivity contribution < 1.29 is 5.11 Å². The van der Waals surface area contributed by atoms with E-state index < -0.39 is 0 Å². The summed E-state index contributed by atoms with van der Waals surface area (Å²) in [6, 6.07) is 2.15. The largest absolute Gasteiger partial charge is 0.388 e. The first-order valence-electron chi connectivity index (χ1n) is 8.36. The van der Waals surface area contributed by atoms with Crippen molar-refractivity contribution in [2.24, 2.45) is 5.41 Å².